The Morgan fingerprint density at radius 2 is 1.94 bits per heavy atom. The van der Waals surface area contributed by atoms with Crippen molar-refractivity contribution in [2.24, 2.45) is 0 Å². The van der Waals surface area contributed by atoms with Crippen LogP contribution in [-0.4, -0.2) is 20.2 Å². The minimum atomic E-state index is -0.189. The van der Waals surface area contributed by atoms with Crippen molar-refractivity contribution >= 4 is 11.0 Å². The van der Waals surface area contributed by atoms with Gasteiger partial charge in [0.25, 0.3) is 0 Å². The van der Waals surface area contributed by atoms with E-state index in [0.29, 0.717) is 0 Å². The fourth-order valence-corrected chi connectivity index (χ4v) is 1.76. The van der Waals surface area contributed by atoms with Crippen molar-refractivity contribution in [3.05, 3.63) is 40.4 Å². The molecule has 2 heterocycles. The highest BCUT2D eigenvalue weighted by Gasteiger charge is 2.04. The SMILES string of the molecule is Cc1cc(-c2ccc3[nH]c(=O)[nH]c3c2)n[nH]1. The lowest BCUT2D eigenvalue weighted by atomic mass is 10.1. The Hall–Kier alpha value is -2.30. The maximum absolute atomic E-state index is 11.1. The lowest BCUT2D eigenvalue weighted by Crippen LogP contribution is -1.99. The summed E-state index contributed by atoms with van der Waals surface area (Å²) in [6.07, 6.45) is 0. The van der Waals surface area contributed by atoms with Crippen LogP contribution in [-0.2, 0) is 0 Å². The van der Waals surface area contributed by atoms with Crippen molar-refractivity contribution in [1.29, 1.82) is 0 Å². The molecule has 0 bridgehead atoms. The molecular formula is C11H10N4O. The highest BCUT2D eigenvalue weighted by molar-refractivity contribution is 5.80. The van der Waals surface area contributed by atoms with Gasteiger partial charge in [0.1, 0.15) is 0 Å². The smallest absolute Gasteiger partial charge is 0.306 e. The summed E-state index contributed by atoms with van der Waals surface area (Å²) in [5, 5.41) is 7.06. The summed E-state index contributed by atoms with van der Waals surface area (Å²) in [4.78, 5) is 16.5. The van der Waals surface area contributed by atoms with Gasteiger partial charge in [-0.25, -0.2) is 4.79 Å². The minimum absolute atomic E-state index is 0.189. The summed E-state index contributed by atoms with van der Waals surface area (Å²) in [5.74, 6) is 0. The van der Waals surface area contributed by atoms with Crippen molar-refractivity contribution in [3.63, 3.8) is 0 Å². The third-order valence-corrected chi connectivity index (χ3v) is 2.52. The molecule has 80 valence electrons. The third kappa shape index (κ3) is 1.33. The molecule has 3 N–H and O–H groups in total. The predicted molar refractivity (Wildman–Crippen MR) is 61.2 cm³/mol. The van der Waals surface area contributed by atoms with E-state index in [9.17, 15) is 4.79 Å². The van der Waals surface area contributed by atoms with Crippen molar-refractivity contribution in [2.45, 2.75) is 6.92 Å². The number of nitrogens with one attached hydrogen (secondary N) is 3. The molecular weight excluding hydrogens is 204 g/mol. The van der Waals surface area contributed by atoms with Crippen LogP contribution in [0.5, 0.6) is 0 Å². The number of H-pyrrole nitrogens is 3. The van der Waals surface area contributed by atoms with Gasteiger partial charge in [-0.05, 0) is 25.1 Å². The summed E-state index contributed by atoms with van der Waals surface area (Å²) in [6, 6.07) is 7.67. The molecule has 1 aromatic carbocycles. The zero-order valence-corrected chi connectivity index (χ0v) is 8.66. The summed E-state index contributed by atoms with van der Waals surface area (Å²) in [5.41, 5.74) is 4.28. The first-order valence-electron chi connectivity index (χ1n) is 4.97. The molecule has 0 radical (unpaired) electrons. The van der Waals surface area contributed by atoms with E-state index in [2.05, 4.69) is 20.2 Å². The third-order valence-electron chi connectivity index (χ3n) is 2.52. The average molecular weight is 214 g/mol. The number of imidazole rings is 1. The molecule has 0 atom stereocenters. The Morgan fingerprint density at radius 1 is 1.12 bits per heavy atom. The van der Waals surface area contributed by atoms with Crippen LogP contribution in [0.15, 0.2) is 29.1 Å². The van der Waals surface area contributed by atoms with Crippen molar-refractivity contribution < 1.29 is 0 Å². The number of hydrogen-bond acceptors (Lipinski definition) is 2. The first-order chi connectivity index (χ1) is 7.72. The molecule has 0 aliphatic carbocycles. The minimum Gasteiger partial charge on any atom is -0.306 e. The number of benzene rings is 1. The largest absolute Gasteiger partial charge is 0.323 e. The molecule has 0 fully saturated rings. The summed E-state index contributed by atoms with van der Waals surface area (Å²) in [6.45, 7) is 1.95. The monoisotopic (exact) mass is 214 g/mol. The Kier molecular flexibility index (Phi) is 1.73. The summed E-state index contributed by atoms with van der Waals surface area (Å²) < 4.78 is 0. The Labute approximate surface area is 90.5 Å². The fraction of sp³-hybridized carbons (Fsp3) is 0.0909. The van der Waals surface area contributed by atoms with Crippen LogP contribution < -0.4 is 5.69 Å². The maximum atomic E-state index is 11.1. The number of aryl methyl sites for hydroxylation is 1. The standard InChI is InChI=1S/C11H10N4O/c1-6-4-9(15-14-6)7-2-3-8-10(5-7)13-11(16)12-8/h2-5H,1H3,(H,14,15)(H2,12,13,16). The first kappa shape index (κ1) is 8.96. The van der Waals surface area contributed by atoms with E-state index in [-0.39, 0.29) is 5.69 Å². The fourth-order valence-electron chi connectivity index (χ4n) is 1.76. The molecule has 0 amide bonds. The Morgan fingerprint density at radius 3 is 2.69 bits per heavy atom. The summed E-state index contributed by atoms with van der Waals surface area (Å²) in [7, 11) is 0. The van der Waals surface area contributed by atoms with E-state index in [1.807, 2.05) is 31.2 Å². The molecule has 3 aromatic rings. The van der Waals surface area contributed by atoms with Crippen LogP contribution in [0.25, 0.3) is 22.3 Å². The molecule has 16 heavy (non-hydrogen) atoms. The zero-order valence-electron chi connectivity index (χ0n) is 8.66. The van der Waals surface area contributed by atoms with Gasteiger partial charge in [-0.3, -0.25) is 5.10 Å². The van der Waals surface area contributed by atoms with E-state index in [4.69, 9.17) is 0 Å². The van der Waals surface area contributed by atoms with Crippen LogP contribution in [0.4, 0.5) is 0 Å². The normalized spacial score (nSPS) is 11.1. The van der Waals surface area contributed by atoms with Gasteiger partial charge in [0.05, 0.1) is 16.7 Å². The number of aromatic nitrogens is 4. The molecule has 5 heteroatoms. The molecule has 3 rings (SSSR count). The molecule has 2 aromatic heterocycles. The van der Waals surface area contributed by atoms with Crippen LogP contribution in [0.3, 0.4) is 0 Å². The maximum Gasteiger partial charge on any atom is 0.323 e. The molecule has 0 aliphatic rings. The van der Waals surface area contributed by atoms with Gasteiger partial charge in [0.15, 0.2) is 0 Å². The number of fused-ring (bicyclic) bond motifs is 1. The highest BCUT2D eigenvalue weighted by Crippen LogP contribution is 2.20. The summed E-state index contributed by atoms with van der Waals surface area (Å²) >= 11 is 0. The quantitative estimate of drug-likeness (QED) is 0.574. The van der Waals surface area contributed by atoms with Gasteiger partial charge in [0, 0.05) is 11.3 Å². The van der Waals surface area contributed by atoms with E-state index >= 15 is 0 Å². The zero-order chi connectivity index (χ0) is 11.1. The number of hydrogen-bond donors (Lipinski definition) is 3. The molecule has 0 saturated carbocycles. The second kappa shape index (κ2) is 3.10. The average Bonchev–Trinajstić information content (AvgIpc) is 2.81. The van der Waals surface area contributed by atoms with Crippen molar-refractivity contribution in [3.8, 4) is 11.3 Å². The topological polar surface area (TPSA) is 77.3 Å². The Balaban J connectivity index is 2.21. The van der Waals surface area contributed by atoms with Crippen LogP contribution in [0, 0.1) is 6.92 Å². The van der Waals surface area contributed by atoms with E-state index in [1.54, 1.807) is 0 Å². The molecule has 0 aliphatic heterocycles. The number of nitrogens with zero attached hydrogens (tertiary/aromatic N) is 1. The van der Waals surface area contributed by atoms with Gasteiger partial charge in [-0.15, -0.1) is 0 Å². The van der Waals surface area contributed by atoms with Crippen LogP contribution in [0.2, 0.25) is 0 Å². The lowest BCUT2D eigenvalue weighted by Gasteiger charge is -1.95. The van der Waals surface area contributed by atoms with Gasteiger partial charge < -0.3 is 9.97 Å². The van der Waals surface area contributed by atoms with Gasteiger partial charge >= 0.3 is 5.69 Å². The number of rotatable bonds is 1. The Bertz CT molecular complexity index is 704. The molecule has 0 unspecified atom stereocenters. The second-order valence-electron chi connectivity index (χ2n) is 3.78. The second-order valence-corrected chi connectivity index (χ2v) is 3.78. The van der Waals surface area contributed by atoms with Gasteiger partial charge in [-0.1, -0.05) is 6.07 Å². The van der Waals surface area contributed by atoms with Crippen molar-refractivity contribution in [2.75, 3.05) is 0 Å². The van der Waals surface area contributed by atoms with Crippen molar-refractivity contribution in [1.82, 2.24) is 20.2 Å². The van der Waals surface area contributed by atoms with Gasteiger partial charge in [0.2, 0.25) is 0 Å². The first-order valence-corrected chi connectivity index (χ1v) is 4.97. The van der Waals surface area contributed by atoms with E-state index in [0.717, 1.165) is 28.0 Å². The van der Waals surface area contributed by atoms with Gasteiger partial charge in [-0.2, -0.15) is 5.10 Å². The highest BCUT2D eigenvalue weighted by atomic mass is 16.1. The molecule has 0 spiro atoms. The lowest BCUT2D eigenvalue weighted by molar-refractivity contribution is 1.05. The number of aromatic amines is 3. The predicted octanol–water partition coefficient (Wildman–Crippen LogP) is 1.55. The van der Waals surface area contributed by atoms with Crippen LogP contribution >= 0.6 is 0 Å². The molecule has 0 saturated heterocycles. The molecule has 5 nitrogen and oxygen atoms in total. The van der Waals surface area contributed by atoms with Crippen LogP contribution in [0.1, 0.15) is 5.69 Å². The van der Waals surface area contributed by atoms with E-state index in [1.165, 1.54) is 0 Å². The van der Waals surface area contributed by atoms with E-state index < -0.39 is 0 Å².